The Bertz CT molecular complexity index is 1360. The lowest BCUT2D eigenvalue weighted by atomic mass is 9.74. The third kappa shape index (κ3) is 5.96. The zero-order chi connectivity index (χ0) is 32.1. The Labute approximate surface area is 274 Å². The number of morpholine rings is 1. The minimum absolute atomic E-state index is 0.0580. The SMILES string of the molecule is CCCCCC[C@@H]1N(CCc2ccc(OC)c(OC)c2)CC2[C@H](C(=O)OCC)[C@@]3(N4CCOCC4)O[C@]21N=C3Cc1ccccc1. The number of aliphatic imine (C=N–C) groups is 1. The minimum atomic E-state index is -0.937. The number of hydrogen-bond acceptors (Lipinski definition) is 9. The first kappa shape index (κ1) is 32.9. The average Bonchev–Trinajstić information content (AvgIpc) is 3.68. The summed E-state index contributed by atoms with van der Waals surface area (Å²) in [4.78, 5) is 24.7. The number of rotatable bonds is 15. The molecule has 4 aliphatic heterocycles. The van der Waals surface area contributed by atoms with E-state index in [1.54, 1.807) is 14.2 Å². The molecule has 0 aromatic heterocycles. The summed E-state index contributed by atoms with van der Waals surface area (Å²) in [5.41, 5.74) is 1.57. The van der Waals surface area contributed by atoms with Crippen LogP contribution in [0.2, 0.25) is 0 Å². The topological polar surface area (TPSA) is 82.1 Å². The van der Waals surface area contributed by atoms with Crippen LogP contribution in [-0.4, -0.2) is 99.2 Å². The van der Waals surface area contributed by atoms with Crippen molar-refractivity contribution in [3.05, 3.63) is 59.7 Å². The molecule has 0 amide bonds. The van der Waals surface area contributed by atoms with E-state index in [1.807, 2.05) is 19.1 Å². The number of carbonyl (C=O) groups excluding carboxylic acids is 1. The predicted octanol–water partition coefficient (Wildman–Crippen LogP) is 5.15. The number of unbranched alkanes of at least 4 members (excludes halogenated alkanes) is 3. The fourth-order valence-electron chi connectivity index (χ4n) is 8.36. The van der Waals surface area contributed by atoms with Crippen molar-refractivity contribution in [3.8, 4) is 11.5 Å². The quantitative estimate of drug-likeness (QED) is 0.197. The fraction of sp³-hybridized carbons (Fsp3) is 0.622. The Hall–Kier alpha value is -2.98. The summed E-state index contributed by atoms with van der Waals surface area (Å²) in [6.07, 6.45) is 7.11. The van der Waals surface area contributed by atoms with Crippen LogP contribution < -0.4 is 9.47 Å². The number of benzene rings is 2. The first-order chi connectivity index (χ1) is 22.5. The summed E-state index contributed by atoms with van der Waals surface area (Å²) >= 11 is 0. The van der Waals surface area contributed by atoms with Gasteiger partial charge in [-0.3, -0.25) is 19.6 Å². The molecule has 1 unspecified atom stereocenters. The van der Waals surface area contributed by atoms with Crippen molar-refractivity contribution in [3.63, 3.8) is 0 Å². The average molecular weight is 634 g/mol. The molecule has 3 fully saturated rings. The largest absolute Gasteiger partial charge is 0.493 e. The smallest absolute Gasteiger partial charge is 0.314 e. The maximum atomic E-state index is 14.2. The van der Waals surface area contributed by atoms with Gasteiger partial charge in [-0.2, -0.15) is 0 Å². The minimum Gasteiger partial charge on any atom is -0.493 e. The molecule has 2 aromatic carbocycles. The summed E-state index contributed by atoms with van der Waals surface area (Å²) in [5, 5.41) is 0. The van der Waals surface area contributed by atoms with Crippen LogP contribution >= 0.6 is 0 Å². The lowest BCUT2D eigenvalue weighted by Crippen LogP contribution is -2.64. The van der Waals surface area contributed by atoms with E-state index in [4.69, 9.17) is 28.7 Å². The van der Waals surface area contributed by atoms with Crippen molar-refractivity contribution in [1.82, 2.24) is 9.80 Å². The highest BCUT2D eigenvalue weighted by Crippen LogP contribution is 2.61. The lowest BCUT2D eigenvalue weighted by Gasteiger charge is -2.45. The Morgan fingerprint density at radius 1 is 0.978 bits per heavy atom. The van der Waals surface area contributed by atoms with Crippen LogP contribution in [0.25, 0.3) is 0 Å². The molecular formula is C37H51N3O6. The van der Waals surface area contributed by atoms with Gasteiger partial charge in [0.25, 0.3) is 0 Å². The molecule has 4 heterocycles. The van der Waals surface area contributed by atoms with Crippen molar-refractivity contribution < 1.29 is 28.5 Å². The molecule has 9 heteroatoms. The summed E-state index contributed by atoms with van der Waals surface area (Å²) in [6.45, 7) is 8.64. The molecule has 250 valence electrons. The summed E-state index contributed by atoms with van der Waals surface area (Å²) in [7, 11) is 3.33. The van der Waals surface area contributed by atoms with E-state index in [0.29, 0.717) is 39.3 Å². The van der Waals surface area contributed by atoms with Crippen molar-refractivity contribution >= 4 is 11.7 Å². The van der Waals surface area contributed by atoms with Crippen molar-refractivity contribution in [1.29, 1.82) is 0 Å². The number of hydrogen-bond donors (Lipinski definition) is 0. The Morgan fingerprint density at radius 3 is 2.48 bits per heavy atom. The van der Waals surface area contributed by atoms with Gasteiger partial charge in [0, 0.05) is 38.5 Å². The van der Waals surface area contributed by atoms with Gasteiger partial charge in [0.05, 0.1) is 45.8 Å². The predicted molar refractivity (Wildman–Crippen MR) is 178 cm³/mol. The highest BCUT2D eigenvalue weighted by Gasteiger charge is 2.78. The van der Waals surface area contributed by atoms with Crippen LogP contribution in [-0.2, 0) is 31.8 Å². The molecule has 3 saturated heterocycles. The Kier molecular flexibility index (Phi) is 10.3. The number of ether oxygens (including phenoxy) is 5. The molecule has 1 spiro atoms. The number of esters is 1. The zero-order valence-corrected chi connectivity index (χ0v) is 28.0. The van der Waals surface area contributed by atoms with Gasteiger partial charge in [-0.15, -0.1) is 0 Å². The van der Waals surface area contributed by atoms with E-state index in [9.17, 15) is 4.79 Å². The molecule has 0 saturated carbocycles. The van der Waals surface area contributed by atoms with Crippen molar-refractivity contribution in [2.45, 2.75) is 76.3 Å². The maximum Gasteiger partial charge on any atom is 0.314 e. The summed E-state index contributed by atoms with van der Waals surface area (Å²) < 4.78 is 30.2. The van der Waals surface area contributed by atoms with Crippen LogP contribution in [0.3, 0.4) is 0 Å². The van der Waals surface area contributed by atoms with Gasteiger partial charge in [-0.25, -0.2) is 0 Å². The highest BCUT2D eigenvalue weighted by molar-refractivity contribution is 6.01. The number of nitrogens with zero attached hydrogens (tertiary/aromatic N) is 3. The van der Waals surface area contributed by atoms with E-state index in [-0.39, 0.29) is 17.9 Å². The summed E-state index contributed by atoms with van der Waals surface area (Å²) in [6, 6.07) is 16.7. The Morgan fingerprint density at radius 2 is 1.76 bits per heavy atom. The molecule has 5 atom stereocenters. The van der Waals surface area contributed by atoms with E-state index >= 15 is 0 Å². The Balaban J connectivity index is 1.38. The van der Waals surface area contributed by atoms with E-state index in [2.05, 4.69) is 53.1 Å². The molecule has 0 radical (unpaired) electrons. The molecular weight excluding hydrogens is 582 g/mol. The number of likely N-dealkylation sites (tertiary alicyclic amines) is 1. The summed E-state index contributed by atoms with van der Waals surface area (Å²) in [5.74, 6) is 0.722. The van der Waals surface area contributed by atoms with Crippen LogP contribution in [0.4, 0.5) is 0 Å². The van der Waals surface area contributed by atoms with Gasteiger partial charge in [0.2, 0.25) is 0 Å². The second-order valence-electron chi connectivity index (χ2n) is 13.0. The molecule has 2 bridgehead atoms. The second-order valence-corrected chi connectivity index (χ2v) is 13.0. The van der Waals surface area contributed by atoms with Crippen LogP contribution in [0, 0.1) is 11.8 Å². The van der Waals surface area contributed by atoms with E-state index in [0.717, 1.165) is 49.6 Å². The molecule has 2 aromatic rings. The van der Waals surface area contributed by atoms with Gasteiger partial charge in [0.15, 0.2) is 22.9 Å². The van der Waals surface area contributed by atoms with Crippen molar-refractivity contribution in [2.24, 2.45) is 16.8 Å². The molecule has 4 aliphatic rings. The van der Waals surface area contributed by atoms with Crippen molar-refractivity contribution in [2.75, 3.05) is 60.2 Å². The number of carbonyl (C=O) groups is 1. The first-order valence-electron chi connectivity index (χ1n) is 17.3. The van der Waals surface area contributed by atoms with E-state index < -0.39 is 17.4 Å². The first-order valence-corrected chi connectivity index (χ1v) is 17.3. The van der Waals surface area contributed by atoms with Gasteiger partial charge < -0.3 is 23.7 Å². The zero-order valence-electron chi connectivity index (χ0n) is 28.0. The number of methoxy groups -OCH3 is 2. The molecule has 46 heavy (non-hydrogen) atoms. The third-order valence-electron chi connectivity index (χ3n) is 10.4. The van der Waals surface area contributed by atoms with Gasteiger partial charge >= 0.3 is 5.97 Å². The van der Waals surface area contributed by atoms with Gasteiger partial charge in [-0.1, -0.05) is 69.0 Å². The maximum absolute atomic E-state index is 14.2. The standard InChI is InChI=1S/C37H51N3O6/c1-5-7-8-12-15-33-36-29(26-39(33)19-18-28-16-17-30(42-3)31(24-28)43-4)34(35(41)45-6-2)37(46-36,40-20-22-44-23-21-40)32(38-36)25-27-13-10-9-11-14-27/h9-11,13-14,16-17,24,29,33-34H,5-8,12,15,18-23,25-26H2,1-4H3/t29?,33-,34+,36+,37-/m0/s1. The van der Waals surface area contributed by atoms with Gasteiger partial charge in [-0.05, 0) is 43.0 Å². The highest BCUT2D eigenvalue weighted by atomic mass is 16.6. The molecule has 6 rings (SSSR count). The molecule has 0 N–H and O–H groups in total. The van der Waals surface area contributed by atoms with E-state index in [1.165, 1.54) is 30.4 Å². The van der Waals surface area contributed by atoms with Crippen LogP contribution in [0.15, 0.2) is 53.5 Å². The fourth-order valence-corrected chi connectivity index (χ4v) is 8.36. The van der Waals surface area contributed by atoms with Crippen LogP contribution in [0.5, 0.6) is 11.5 Å². The van der Waals surface area contributed by atoms with Gasteiger partial charge in [0.1, 0.15) is 5.92 Å². The third-order valence-corrected chi connectivity index (χ3v) is 10.4. The molecule has 0 aliphatic carbocycles. The lowest BCUT2D eigenvalue weighted by molar-refractivity contribution is -0.182. The normalized spacial score (nSPS) is 29.0. The number of fused-ring (bicyclic) bond motifs is 1. The van der Waals surface area contributed by atoms with Crippen LogP contribution in [0.1, 0.15) is 57.1 Å². The molecule has 9 nitrogen and oxygen atoms in total. The monoisotopic (exact) mass is 633 g/mol. The second kappa shape index (κ2) is 14.4.